The number of aliphatic carboxylic acids is 1. The van der Waals surface area contributed by atoms with Crippen LogP contribution in [0.15, 0.2) is 30.3 Å². The number of benzene rings is 1. The van der Waals surface area contributed by atoms with Gasteiger partial charge in [-0.1, -0.05) is 30.3 Å². The molecule has 0 saturated carbocycles. The third-order valence-electron chi connectivity index (χ3n) is 3.38. The summed E-state index contributed by atoms with van der Waals surface area (Å²) in [6.45, 7) is 4.47. The molecule has 0 aliphatic carbocycles. The minimum absolute atomic E-state index is 0.135. The van der Waals surface area contributed by atoms with Crippen LogP contribution >= 0.6 is 0 Å². The maximum atomic E-state index is 11.6. The van der Waals surface area contributed by atoms with E-state index in [2.05, 4.69) is 17.4 Å². The van der Waals surface area contributed by atoms with E-state index in [1.54, 1.807) is 13.8 Å². The number of carbonyl (C=O) groups excluding carboxylic acids is 1. The lowest BCUT2D eigenvalue weighted by Crippen LogP contribution is -2.38. The predicted molar refractivity (Wildman–Crippen MR) is 84.6 cm³/mol. The molecule has 0 fully saturated rings. The number of amides is 1. The Morgan fingerprint density at radius 1 is 1.18 bits per heavy atom. The van der Waals surface area contributed by atoms with Crippen molar-refractivity contribution in [3.63, 3.8) is 0 Å². The van der Waals surface area contributed by atoms with E-state index in [1.807, 2.05) is 18.2 Å². The van der Waals surface area contributed by atoms with E-state index >= 15 is 0 Å². The predicted octanol–water partition coefficient (Wildman–Crippen LogP) is 2.25. The molecule has 5 nitrogen and oxygen atoms in total. The summed E-state index contributed by atoms with van der Waals surface area (Å²) in [5.41, 5.74) is 0.290. The fourth-order valence-electron chi connectivity index (χ4n) is 1.76. The summed E-state index contributed by atoms with van der Waals surface area (Å²) in [6.07, 6.45) is 1.84. The van der Waals surface area contributed by atoms with Crippen molar-refractivity contribution >= 4 is 11.9 Å². The highest BCUT2D eigenvalue weighted by molar-refractivity contribution is 5.78. The second kappa shape index (κ2) is 9.20. The van der Waals surface area contributed by atoms with Crippen molar-refractivity contribution < 1.29 is 19.4 Å². The van der Waals surface area contributed by atoms with Crippen molar-refractivity contribution in [1.82, 2.24) is 5.32 Å². The normalized spacial score (nSPS) is 11.2. The fraction of sp³-hybridized carbons (Fsp3) is 0.529. The standard InChI is InChI=1S/C17H25NO4/c1-17(2,16(20)21)13-18-15(19)9-6-11-22-12-10-14-7-4-3-5-8-14/h3-5,7-8H,6,9-13H2,1-2H3,(H,18,19)(H,20,21). The van der Waals surface area contributed by atoms with Crippen molar-refractivity contribution in [3.05, 3.63) is 35.9 Å². The second-order valence-electron chi connectivity index (χ2n) is 5.92. The first kappa shape index (κ1) is 18.2. The summed E-state index contributed by atoms with van der Waals surface area (Å²) in [4.78, 5) is 22.5. The Morgan fingerprint density at radius 3 is 2.50 bits per heavy atom. The van der Waals surface area contributed by atoms with Gasteiger partial charge in [-0.3, -0.25) is 9.59 Å². The van der Waals surface area contributed by atoms with Crippen LogP contribution in [0.3, 0.4) is 0 Å². The zero-order valence-corrected chi connectivity index (χ0v) is 13.3. The van der Waals surface area contributed by atoms with E-state index in [4.69, 9.17) is 9.84 Å². The third kappa shape index (κ3) is 7.22. The Labute approximate surface area is 131 Å². The molecule has 0 saturated heterocycles. The van der Waals surface area contributed by atoms with E-state index in [9.17, 15) is 9.59 Å². The maximum Gasteiger partial charge on any atom is 0.310 e. The molecule has 2 N–H and O–H groups in total. The number of nitrogens with one attached hydrogen (secondary N) is 1. The third-order valence-corrected chi connectivity index (χ3v) is 3.38. The summed E-state index contributed by atoms with van der Waals surface area (Å²) in [5, 5.41) is 11.6. The Bertz CT molecular complexity index is 471. The number of rotatable bonds is 10. The minimum atomic E-state index is -0.943. The first-order valence-corrected chi connectivity index (χ1v) is 7.53. The summed E-state index contributed by atoms with van der Waals surface area (Å²) in [5.74, 6) is -1.06. The highest BCUT2D eigenvalue weighted by Crippen LogP contribution is 2.13. The molecule has 0 spiro atoms. The van der Waals surface area contributed by atoms with Crippen LogP contribution in [-0.4, -0.2) is 36.7 Å². The van der Waals surface area contributed by atoms with Gasteiger partial charge in [0.25, 0.3) is 0 Å². The number of carboxylic acids is 1. The molecule has 22 heavy (non-hydrogen) atoms. The Morgan fingerprint density at radius 2 is 1.86 bits per heavy atom. The lowest BCUT2D eigenvalue weighted by atomic mass is 9.94. The van der Waals surface area contributed by atoms with Crippen molar-refractivity contribution in [2.75, 3.05) is 19.8 Å². The quantitative estimate of drug-likeness (QED) is 0.650. The monoisotopic (exact) mass is 307 g/mol. The van der Waals surface area contributed by atoms with Gasteiger partial charge in [0.15, 0.2) is 0 Å². The molecule has 5 heteroatoms. The zero-order valence-electron chi connectivity index (χ0n) is 13.3. The van der Waals surface area contributed by atoms with Gasteiger partial charge in [-0.15, -0.1) is 0 Å². The van der Waals surface area contributed by atoms with E-state index in [0.29, 0.717) is 26.1 Å². The molecule has 0 bridgehead atoms. The second-order valence-corrected chi connectivity index (χ2v) is 5.92. The van der Waals surface area contributed by atoms with Crippen molar-refractivity contribution in [2.24, 2.45) is 5.41 Å². The van der Waals surface area contributed by atoms with Crippen LogP contribution < -0.4 is 5.32 Å². The van der Waals surface area contributed by atoms with Crippen molar-refractivity contribution in [2.45, 2.75) is 33.1 Å². The van der Waals surface area contributed by atoms with Crippen LogP contribution in [0.1, 0.15) is 32.3 Å². The van der Waals surface area contributed by atoms with Gasteiger partial charge >= 0.3 is 5.97 Å². The number of ether oxygens (including phenoxy) is 1. The van der Waals surface area contributed by atoms with Crippen LogP contribution in [0.2, 0.25) is 0 Å². The Hall–Kier alpha value is -1.88. The molecular weight excluding hydrogens is 282 g/mol. The molecule has 0 aromatic heterocycles. The lowest BCUT2D eigenvalue weighted by molar-refractivity contribution is -0.146. The van der Waals surface area contributed by atoms with Crippen LogP contribution in [0, 0.1) is 5.41 Å². The average molecular weight is 307 g/mol. The smallest absolute Gasteiger partial charge is 0.310 e. The summed E-state index contributed by atoms with van der Waals surface area (Å²) in [7, 11) is 0. The molecule has 1 rings (SSSR count). The van der Waals surface area contributed by atoms with Gasteiger partial charge in [-0.05, 0) is 32.3 Å². The van der Waals surface area contributed by atoms with E-state index in [1.165, 1.54) is 5.56 Å². The van der Waals surface area contributed by atoms with Gasteiger partial charge < -0.3 is 15.2 Å². The molecule has 0 atom stereocenters. The number of hydrogen-bond donors (Lipinski definition) is 2. The molecule has 1 aromatic rings. The molecule has 1 amide bonds. The molecule has 122 valence electrons. The molecule has 0 aliphatic heterocycles. The summed E-state index contributed by atoms with van der Waals surface area (Å²) in [6, 6.07) is 10.1. The zero-order chi connectivity index (χ0) is 16.4. The molecule has 0 radical (unpaired) electrons. The first-order chi connectivity index (χ1) is 10.4. The van der Waals surface area contributed by atoms with Gasteiger partial charge in [0.1, 0.15) is 0 Å². The fourth-order valence-corrected chi connectivity index (χ4v) is 1.76. The summed E-state index contributed by atoms with van der Waals surface area (Å²) < 4.78 is 5.50. The van der Waals surface area contributed by atoms with Gasteiger partial charge in [-0.25, -0.2) is 0 Å². The SMILES string of the molecule is CC(C)(CNC(=O)CCCOCCc1ccccc1)C(=O)O. The first-order valence-electron chi connectivity index (χ1n) is 7.53. The highest BCUT2D eigenvalue weighted by Gasteiger charge is 2.27. The van der Waals surface area contributed by atoms with Crippen LogP contribution in [-0.2, 0) is 20.7 Å². The van der Waals surface area contributed by atoms with Gasteiger partial charge in [-0.2, -0.15) is 0 Å². The van der Waals surface area contributed by atoms with Gasteiger partial charge in [0.2, 0.25) is 5.91 Å². The highest BCUT2D eigenvalue weighted by atomic mass is 16.5. The molecule has 0 unspecified atom stereocenters. The van der Waals surface area contributed by atoms with Crippen molar-refractivity contribution in [3.8, 4) is 0 Å². The Balaban J connectivity index is 2.05. The number of carbonyl (C=O) groups is 2. The largest absolute Gasteiger partial charge is 0.481 e. The van der Waals surface area contributed by atoms with Crippen LogP contribution in [0.4, 0.5) is 0 Å². The van der Waals surface area contributed by atoms with Crippen LogP contribution in [0.5, 0.6) is 0 Å². The molecule has 1 aromatic carbocycles. The van der Waals surface area contributed by atoms with E-state index in [-0.39, 0.29) is 12.5 Å². The van der Waals surface area contributed by atoms with Gasteiger partial charge in [0, 0.05) is 19.6 Å². The van der Waals surface area contributed by atoms with Gasteiger partial charge in [0.05, 0.1) is 12.0 Å². The molecule has 0 aliphatic rings. The maximum absolute atomic E-state index is 11.6. The average Bonchev–Trinajstić information content (AvgIpc) is 2.49. The minimum Gasteiger partial charge on any atom is -0.481 e. The topological polar surface area (TPSA) is 75.6 Å². The summed E-state index contributed by atoms with van der Waals surface area (Å²) >= 11 is 0. The van der Waals surface area contributed by atoms with Crippen LogP contribution in [0.25, 0.3) is 0 Å². The Kier molecular flexibility index (Phi) is 7.60. The number of hydrogen-bond acceptors (Lipinski definition) is 3. The number of carboxylic acid groups (broad SMARTS) is 1. The molecule has 0 heterocycles. The molecular formula is C17H25NO4. The van der Waals surface area contributed by atoms with E-state index in [0.717, 1.165) is 6.42 Å². The lowest BCUT2D eigenvalue weighted by Gasteiger charge is -2.19. The van der Waals surface area contributed by atoms with E-state index < -0.39 is 11.4 Å². The van der Waals surface area contributed by atoms with Crippen molar-refractivity contribution in [1.29, 1.82) is 0 Å².